The van der Waals surface area contributed by atoms with Gasteiger partial charge < -0.3 is 15.0 Å². The lowest BCUT2D eigenvalue weighted by atomic mass is 10.1. The summed E-state index contributed by atoms with van der Waals surface area (Å²) in [6.45, 7) is 4.59. The number of rotatable bonds is 4. The van der Waals surface area contributed by atoms with E-state index in [1.54, 1.807) is 0 Å². The van der Waals surface area contributed by atoms with Crippen LogP contribution in [0.15, 0.2) is 0 Å². The highest BCUT2D eigenvalue weighted by Crippen LogP contribution is 2.12. The molecule has 0 bridgehead atoms. The molecule has 19 heavy (non-hydrogen) atoms. The van der Waals surface area contributed by atoms with Gasteiger partial charge in [0.1, 0.15) is 0 Å². The van der Waals surface area contributed by atoms with E-state index < -0.39 is 0 Å². The van der Waals surface area contributed by atoms with Crippen molar-refractivity contribution in [3.8, 4) is 0 Å². The van der Waals surface area contributed by atoms with Crippen LogP contribution in [-0.4, -0.2) is 49.7 Å². The molecule has 1 amide bonds. The Morgan fingerprint density at radius 1 is 1.05 bits per heavy atom. The molecule has 0 unspecified atom stereocenters. The number of carbonyl (C=O) groups is 1. The van der Waals surface area contributed by atoms with Crippen LogP contribution in [0.1, 0.15) is 51.4 Å². The predicted molar refractivity (Wildman–Crippen MR) is 76.1 cm³/mol. The Hall–Kier alpha value is -0.610. The third-order valence-electron chi connectivity index (χ3n) is 4.16. The largest absolute Gasteiger partial charge is 0.378 e. The standard InChI is InChI=1S/C15H28N2O2/c18-15(17-11-4-2-1-3-5-12-17)8-13-19-14-6-9-16-10-7-14/h14,16H,1-13H2. The fourth-order valence-corrected chi connectivity index (χ4v) is 2.93. The van der Waals surface area contributed by atoms with Crippen molar-refractivity contribution in [1.29, 1.82) is 0 Å². The molecular weight excluding hydrogens is 240 g/mol. The summed E-state index contributed by atoms with van der Waals surface area (Å²) in [6, 6.07) is 0. The first-order valence-corrected chi connectivity index (χ1v) is 7.96. The number of nitrogens with one attached hydrogen (secondary N) is 1. The van der Waals surface area contributed by atoms with Crippen LogP contribution >= 0.6 is 0 Å². The Morgan fingerprint density at radius 2 is 1.68 bits per heavy atom. The van der Waals surface area contributed by atoms with E-state index in [0.717, 1.165) is 39.0 Å². The van der Waals surface area contributed by atoms with Crippen molar-refractivity contribution < 1.29 is 9.53 Å². The fourth-order valence-electron chi connectivity index (χ4n) is 2.93. The molecule has 1 N–H and O–H groups in total. The molecule has 110 valence electrons. The van der Waals surface area contributed by atoms with Gasteiger partial charge in [-0.3, -0.25) is 4.79 Å². The van der Waals surface area contributed by atoms with Gasteiger partial charge in [0.25, 0.3) is 0 Å². The highest BCUT2D eigenvalue weighted by Gasteiger charge is 2.17. The monoisotopic (exact) mass is 268 g/mol. The normalized spacial score (nSPS) is 22.8. The molecule has 0 aliphatic carbocycles. The minimum absolute atomic E-state index is 0.288. The quantitative estimate of drug-likeness (QED) is 0.847. The first kappa shape index (κ1) is 14.8. The fraction of sp³-hybridized carbons (Fsp3) is 0.933. The van der Waals surface area contributed by atoms with E-state index in [2.05, 4.69) is 5.32 Å². The van der Waals surface area contributed by atoms with Crippen molar-refractivity contribution in [2.24, 2.45) is 0 Å². The molecule has 2 saturated heterocycles. The number of carbonyl (C=O) groups excluding carboxylic acids is 1. The lowest BCUT2D eigenvalue weighted by Gasteiger charge is -2.26. The van der Waals surface area contributed by atoms with Crippen molar-refractivity contribution in [2.75, 3.05) is 32.8 Å². The minimum Gasteiger partial charge on any atom is -0.378 e. The van der Waals surface area contributed by atoms with E-state index in [4.69, 9.17) is 4.74 Å². The van der Waals surface area contributed by atoms with Crippen LogP contribution < -0.4 is 5.32 Å². The number of nitrogens with zero attached hydrogens (tertiary/aromatic N) is 1. The number of hydrogen-bond donors (Lipinski definition) is 1. The lowest BCUT2D eigenvalue weighted by molar-refractivity contribution is -0.133. The first-order chi connectivity index (χ1) is 9.36. The van der Waals surface area contributed by atoms with E-state index in [1.165, 1.54) is 32.1 Å². The van der Waals surface area contributed by atoms with Gasteiger partial charge in [-0.15, -0.1) is 0 Å². The Morgan fingerprint density at radius 3 is 2.37 bits per heavy atom. The molecule has 2 heterocycles. The average molecular weight is 268 g/mol. The molecule has 4 heteroatoms. The summed E-state index contributed by atoms with van der Waals surface area (Å²) >= 11 is 0. The number of likely N-dealkylation sites (tertiary alicyclic amines) is 1. The molecular formula is C15H28N2O2. The van der Waals surface area contributed by atoms with Gasteiger partial charge >= 0.3 is 0 Å². The molecule has 0 aromatic heterocycles. The SMILES string of the molecule is O=C(CCOC1CCNCC1)N1CCCCCCC1. The maximum atomic E-state index is 12.1. The Balaban J connectivity index is 1.62. The van der Waals surface area contributed by atoms with Gasteiger partial charge in [-0.25, -0.2) is 0 Å². The first-order valence-electron chi connectivity index (χ1n) is 7.96. The highest BCUT2D eigenvalue weighted by molar-refractivity contribution is 5.76. The van der Waals surface area contributed by atoms with Crippen molar-refractivity contribution >= 4 is 5.91 Å². The molecule has 2 aliphatic heterocycles. The Bertz CT molecular complexity index is 257. The van der Waals surface area contributed by atoms with Gasteiger partial charge in [-0.1, -0.05) is 19.3 Å². The minimum atomic E-state index is 0.288. The second kappa shape index (κ2) is 8.54. The third-order valence-corrected chi connectivity index (χ3v) is 4.16. The summed E-state index contributed by atoms with van der Waals surface area (Å²) in [5.41, 5.74) is 0. The maximum absolute atomic E-state index is 12.1. The van der Waals surface area contributed by atoms with Gasteiger partial charge in [0.2, 0.25) is 5.91 Å². The smallest absolute Gasteiger partial charge is 0.224 e. The van der Waals surface area contributed by atoms with E-state index >= 15 is 0 Å². The second-order valence-electron chi connectivity index (χ2n) is 5.72. The summed E-state index contributed by atoms with van der Waals surface area (Å²) < 4.78 is 5.81. The van der Waals surface area contributed by atoms with Crippen molar-refractivity contribution in [3.05, 3.63) is 0 Å². The molecule has 0 aromatic carbocycles. The molecule has 0 radical (unpaired) electrons. The summed E-state index contributed by atoms with van der Waals surface area (Å²) in [7, 11) is 0. The zero-order chi connectivity index (χ0) is 13.3. The molecule has 0 atom stereocenters. The number of piperidine rings is 1. The lowest BCUT2D eigenvalue weighted by Crippen LogP contribution is -2.36. The second-order valence-corrected chi connectivity index (χ2v) is 5.72. The number of ether oxygens (including phenoxy) is 1. The van der Waals surface area contributed by atoms with Crippen LogP contribution in [0.25, 0.3) is 0 Å². The van der Waals surface area contributed by atoms with Gasteiger partial charge in [0.15, 0.2) is 0 Å². The van der Waals surface area contributed by atoms with Crippen LogP contribution in [-0.2, 0) is 9.53 Å². The molecule has 0 saturated carbocycles. The topological polar surface area (TPSA) is 41.6 Å². The van der Waals surface area contributed by atoms with Crippen molar-refractivity contribution in [3.63, 3.8) is 0 Å². The van der Waals surface area contributed by atoms with Gasteiger partial charge in [0, 0.05) is 13.1 Å². The van der Waals surface area contributed by atoms with Crippen LogP contribution in [0.3, 0.4) is 0 Å². The van der Waals surface area contributed by atoms with Crippen LogP contribution in [0.2, 0.25) is 0 Å². The van der Waals surface area contributed by atoms with E-state index in [-0.39, 0.29) is 5.91 Å². The zero-order valence-corrected chi connectivity index (χ0v) is 12.0. The average Bonchev–Trinajstić information content (AvgIpc) is 2.39. The van der Waals surface area contributed by atoms with Gasteiger partial charge in [-0.2, -0.15) is 0 Å². The molecule has 4 nitrogen and oxygen atoms in total. The highest BCUT2D eigenvalue weighted by atomic mass is 16.5. The molecule has 2 aliphatic rings. The summed E-state index contributed by atoms with van der Waals surface area (Å²) in [5.74, 6) is 0.288. The van der Waals surface area contributed by atoms with Crippen LogP contribution in [0, 0.1) is 0 Å². The zero-order valence-electron chi connectivity index (χ0n) is 12.0. The van der Waals surface area contributed by atoms with Crippen LogP contribution in [0.5, 0.6) is 0 Å². The molecule has 2 fully saturated rings. The Labute approximate surface area is 116 Å². The maximum Gasteiger partial charge on any atom is 0.224 e. The van der Waals surface area contributed by atoms with Gasteiger partial charge in [0.05, 0.1) is 19.1 Å². The molecule has 0 aromatic rings. The van der Waals surface area contributed by atoms with Crippen molar-refractivity contribution in [2.45, 2.75) is 57.5 Å². The predicted octanol–water partition coefficient (Wildman–Crippen LogP) is 1.94. The summed E-state index contributed by atoms with van der Waals surface area (Å²) in [6.07, 6.45) is 9.30. The van der Waals surface area contributed by atoms with E-state index in [1.807, 2.05) is 4.90 Å². The van der Waals surface area contributed by atoms with E-state index in [0.29, 0.717) is 19.1 Å². The van der Waals surface area contributed by atoms with Crippen molar-refractivity contribution in [1.82, 2.24) is 10.2 Å². The Kier molecular flexibility index (Phi) is 6.65. The number of amides is 1. The molecule has 0 spiro atoms. The number of hydrogen-bond acceptors (Lipinski definition) is 3. The summed E-state index contributed by atoms with van der Waals surface area (Å²) in [4.78, 5) is 14.2. The summed E-state index contributed by atoms with van der Waals surface area (Å²) in [5, 5.41) is 3.32. The third kappa shape index (κ3) is 5.49. The molecule has 2 rings (SSSR count). The van der Waals surface area contributed by atoms with Gasteiger partial charge in [-0.05, 0) is 38.8 Å². The van der Waals surface area contributed by atoms with Crippen LogP contribution in [0.4, 0.5) is 0 Å². The van der Waals surface area contributed by atoms with E-state index in [9.17, 15) is 4.79 Å².